The lowest BCUT2D eigenvalue weighted by Crippen LogP contribution is -2.56. The summed E-state index contributed by atoms with van der Waals surface area (Å²) in [5.74, 6) is -0.0175. The zero-order valence-corrected chi connectivity index (χ0v) is 19.1. The van der Waals surface area contributed by atoms with Crippen LogP contribution in [-0.2, 0) is 11.0 Å². The number of alkyl halides is 3. The first-order valence-corrected chi connectivity index (χ1v) is 11.9. The Morgan fingerprint density at radius 3 is 2.42 bits per heavy atom. The van der Waals surface area contributed by atoms with E-state index in [0.717, 1.165) is 49.0 Å². The minimum absolute atomic E-state index is 0.0709. The molecule has 3 aliphatic rings. The van der Waals surface area contributed by atoms with Gasteiger partial charge in [-0.1, -0.05) is 18.5 Å². The Labute approximate surface area is 194 Å². The summed E-state index contributed by atoms with van der Waals surface area (Å²) in [7, 11) is 0. The molecule has 178 valence electrons. The van der Waals surface area contributed by atoms with Gasteiger partial charge in [-0.15, -0.1) is 0 Å². The van der Waals surface area contributed by atoms with Crippen LogP contribution >= 0.6 is 11.6 Å². The Morgan fingerprint density at radius 1 is 1.12 bits per heavy atom. The van der Waals surface area contributed by atoms with Gasteiger partial charge in [0.05, 0.1) is 5.56 Å². The first-order valence-electron chi connectivity index (χ1n) is 11.5. The van der Waals surface area contributed by atoms with E-state index in [1.165, 1.54) is 4.90 Å². The van der Waals surface area contributed by atoms with Crippen molar-refractivity contribution in [2.24, 2.45) is 5.92 Å². The summed E-state index contributed by atoms with van der Waals surface area (Å²) >= 11 is 6.38. The molecule has 2 saturated carbocycles. The molecule has 1 aliphatic heterocycles. The van der Waals surface area contributed by atoms with Crippen molar-refractivity contribution in [3.05, 3.63) is 34.2 Å². The van der Waals surface area contributed by atoms with Crippen LogP contribution in [0.2, 0.25) is 5.15 Å². The van der Waals surface area contributed by atoms with Gasteiger partial charge in [0, 0.05) is 25.3 Å². The quantitative estimate of drug-likeness (QED) is 0.634. The summed E-state index contributed by atoms with van der Waals surface area (Å²) in [4.78, 5) is 33.2. The fourth-order valence-corrected chi connectivity index (χ4v) is 5.32. The second-order valence-electron chi connectivity index (χ2n) is 9.63. The van der Waals surface area contributed by atoms with E-state index in [1.54, 1.807) is 6.20 Å². The Balaban J connectivity index is 1.40. The first kappa shape index (κ1) is 22.5. The maximum absolute atomic E-state index is 13.7. The van der Waals surface area contributed by atoms with E-state index in [1.807, 2.05) is 4.90 Å². The molecule has 5 rings (SSSR count). The van der Waals surface area contributed by atoms with Gasteiger partial charge in [-0.25, -0.2) is 4.98 Å². The molecule has 0 atom stereocenters. The van der Waals surface area contributed by atoms with Gasteiger partial charge < -0.3 is 9.80 Å². The van der Waals surface area contributed by atoms with Crippen molar-refractivity contribution < 1.29 is 22.8 Å². The van der Waals surface area contributed by atoms with Gasteiger partial charge in [0.1, 0.15) is 11.7 Å². The maximum Gasteiger partial charge on any atom is 0.419 e. The van der Waals surface area contributed by atoms with E-state index < -0.39 is 17.6 Å². The van der Waals surface area contributed by atoms with Crippen molar-refractivity contribution in [2.75, 3.05) is 19.6 Å². The molecule has 3 fully saturated rings. The molecule has 2 aliphatic carbocycles. The Kier molecular flexibility index (Phi) is 5.58. The fourth-order valence-electron chi connectivity index (χ4n) is 5.07. The van der Waals surface area contributed by atoms with E-state index >= 15 is 0 Å². The van der Waals surface area contributed by atoms with Gasteiger partial charge in [0.25, 0.3) is 5.91 Å². The SMILES string of the molecule is CC1CCC(N2CCN(C(=O)c3nc4c(C(F)(F)F)cc(C5CC5)cn4c3Cl)CC2=O)CC1. The van der Waals surface area contributed by atoms with Crippen molar-refractivity contribution in [2.45, 2.75) is 63.6 Å². The molecule has 2 aromatic rings. The fraction of sp³-hybridized carbons (Fsp3) is 0.609. The van der Waals surface area contributed by atoms with Crippen LogP contribution in [0, 0.1) is 5.92 Å². The van der Waals surface area contributed by atoms with E-state index in [2.05, 4.69) is 11.9 Å². The third-order valence-corrected chi connectivity index (χ3v) is 7.57. The lowest BCUT2D eigenvalue weighted by molar-refractivity contribution is -0.138. The zero-order chi connectivity index (χ0) is 23.5. The van der Waals surface area contributed by atoms with Crippen LogP contribution in [0.5, 0.6) is 0 Å². The molecule has 2 aromatic heterocycles. The van der Waals surface area contributed by atoms with Gasteiger partial charge in [-0.2, -0.15) is 13.2 Å². The van der Waals surface area contributed by atoms with Gasteiger partial charge in [0.15, 0.2) is 11.3 Å². The molecule has 1 saturated heterocycles. The summed E-state index contributed by atoms with van der Waals surface area (Å²) < 4.78 is 42.4. The van der Waals surface area contributed by atoms with Gasteiger partial charge in [-0.3, -0.25) is 14.0 Å². The van der Waals surface area contributed by atoms with Crippen LogP contribution in [0.4, 0.5) is 13.2 Å². The zero-order valence-electron chi connectivity index (χ0n) is 18.4. The normalized spacial score (nSPS) is 24.6. The predicted molar refractivity (Wildman–Crippen MR) is 116 cm³/mol. The predicted octanol–water partition coefficient (Wildman–Crippen LogP) is 4.75. The minimum Gasteiger partial charge on any atom is -0.336 e. The number of pyridine rings is 1. The van der Waals surface area contributed by atoms with Crippen LogP contribution in [0.1, 0.15) is 73.0 Å². The third-order valence-electron chi connectivity index (χ3n) is 7.21. The molecular weight excluding hydrogens is 457 g/mol. The van der Waals surface area contributed by atoms with E-state index in [-0.39, 0.29) is 40.9 Å². The summed E-state index contributed by atoms with van der Waals surface area (Å²) in [5.41, 5.74) is -0.997. The number of fused-ring (bicyclic) bond motifs is 1. The highest BCUT2D eigenvalue weighted by molar-refractivity contribution is 6.33. The molecule has 0 unspecified atom stereocenters. The van der Waals surface area contributed by atoms with Crippen LogP contribution in [-0.4, -0.2) is 56.7 Å². The number of carbonyl (C=O) groups is 2. The lowest BCUT2D eigenvalue weighted by atomic mass is 9.86. The standard InChI is InChI=1S/C23H26ClF3N4O2/c1-13-2-6-16(7-3-13)30-9-8-29(12-18(30)32)22(33)19-20(24)31-11-15(14-4-5-14)10-17(21(31)28-19)23(25,26)27/h10-11,13-14,16H,2-9,12H2,1H3. The topological polar surface area (TPSA) is 57.9 Å². The van der Waals surface area contributed by atoms with E-state index in [4.69, 9.17) is 11.6 Å². The molecule has 0 radical (unpaired) electrons. The molecule has 33 heavy (non-hydrogen) atoms. The average molecular weight is 483 g/mol. The van der Waals surface area contributed by atoms with Crippen molar-refractivity contribution in [3.63, 3.8) is 0 Å². The summed E-state index contributed by atoms with van der Waals surface area (Å²) in [6.07, 6.45) is 2.66. The third kappa shape index (κ3) is 4.20. The monoisotopic (exact) mass is 482 g/mol. The van der Waals surface area contributed by atoms with E-state index in [9.17, 15) is 22.8 Å². The van der Waals surface area contributed by atoms with Crippen LogP contribution in [0.3, 0.4) is 0 Å². The Hall–Kier alpha value is -2.29. The van der Waals surface area contributed by atoms with Crippen LogP contribution in [0.15, 0.2) is 12.3 Å². The maximum atomic E-state index is 13.7. The number of hydrogen-bond donors (Lipinski definition) is 0. The number of amides is 2. The van der Waals surface area contributed by atoms with Crippen LogP contribution in [0.25, 0.3) is 5.65 Å². The molecule has 10 heteroatoms. The number of nitrogens with zero attached hydrogens (tertiary/aromatic N) is 4. The van der Waals surface area contributed by atoms with Crippen LogP contribution < -0.4 is 0 Å². The van der Waals surface area contributed by atoms with Gasteiger partial charge in [-0.05, 0) is 62.0 Å². The second kappa shape index (κ2) is 8.18. The summed E-state index contributed by atoms with van der Waals surface area (Å²) in [6, 6.07) is 1.30. The average Bonchev–Trinajstić information content (AvgIpc) is 3.57. The highest BCUT2D eigenvalue weighted by Crippen LogP contribution is 2.43. The molecule has 2 amide bonds. The van der Waals surface area contributed by atoms with Gasteiger partial charge in [0.2, 0.25) is 5.91 Å². The highest BCUT2D eigenvalue weighted by Gasteiger charge is 2.39. The number of aromatic nitrogens is 2. The number of hydrogen-bond acceptors (Lipinski definition) is 3. The second-order valence-corrected chi connectivity index (χ2v) is 9.99. The lowest BCUT2D eigenvalue weighted by Gasteiger charge is -2.41. The summed E-state index contributed by atoms with van der Waals surface area (Å²) in [6.45, 7) is 2.81. The van der Waals surface area contributed by atoms with Crippen molar-refractivity contribution >= 4 is 29.1 Å². The van der Waals surface area contributed by atoms with Crippen molar-refractivity contribution in [1.82, 2.24) is 19.2 Å². The molecule has 6 nitrogen and oxygen atoms in total. The first-order chi connectivity index (χ1) is 15.6. The molecule has 3 heterocycles. The molecule has 0 spiro atoms. The number of halogens is 4. The minimum atomic E-state index is -4.62. The molecule has 0 N–H and O–H groups in total. The molecule has 0 aromatic carbocycles. The number of piperazine rings is 1. The molecule has 0 bridgehead atoms. The smallest absolute Gasteiger partial charge is 0.336 e. The Morgan fingerprint density at radius 2 is 1.82 bits per heavy atom. The van der Waals surface area contributed by atoms with E-state index in [0.29, 0.717) is 24.6 Å². The summed E-state index contributed by atoms with van der Waals surface area (Å²) in [5, 5.41) is -0.154. The number of rotatable bonds is 3. The highest BCUT2D eigenvalue weighted by atomic mass is 35.5. The van der Waals surface area contributed by atoms with Gasteiger partial charge >= 0.3 is 6.18 Å². The van der Waals surface area contributed by atoms with Crippen molar-refractivity contribution in [3.8, 4) is 0 Å². The number of carbonyl (C=O) groups excluding carboxylic acids is 2. The molecular formula is C23H26ClF3N4O2. The van der Waals surface area contributed by atoms with Crippen molar-refractivity contribution in [1.29, 1.82) is 0 Å². The Bertz CT molecular complexity index is 1100. The number of imidazole rings is 1. The largest absolute Gasteiger partial charge is 0.419 e.